The van der Waals surface area contributed by atoms with Crippen molar-refractivity contribution in [3.63, 3.8) is 0 Å². The fourth-order valence-electron chi connectivity index (χ4n) is 2.40. The zero-order chi connectivity index (χ0) is 25.7. The number of carboxylic acids is 2. The Morgan fingerprint density at radius 2 is 1.12 bits per heavy atom. The van der Waals surface area contributed by atoms with Crippen LogP contribution in [0, 0.1) is 0 Å². The molecule has 186 valence electrons. The number of carboxylic acid groups (broad SMARTS) is 2. The Balaban J connectivity index is 5.55. The van der Waals surface area contributed by atoms with Gasteiger partial charge >= 0.3 is 11.9 Å². The van der Waals surface area contributed by atoms with Crippen molar-refractivity contribution in [2.24, 2.45) is 17.2 Å². The number of thiol groups is 1. The minimum absolute atomic E-state index is 0.268. The second-order valence-electron chi connectivity index (χ2n) is 6.92. The Morgan fingerprint density at radius 1 is 0.727 bits per heavy atom. The van der Waals surface area contributed by atoms with Gasteiger partial charge in [0.15, 0.2) is 0 Å². The van der Waals surface area contributed by atoms with Crippen molar-refractivity contribution in [2.45, 2.75) is 56.3 Å². The maximum Gasteiger partial charge on any atom is 0.327 e. The van der Waals surface area contributed by atoms with Crippen LogP contribution in [-0.4, -0.2) is 81.6 Å². The van der Waals surface area contributed by atoms with Crippen LogP contribution in [0.1, 0.15) is 32.1 Å². The van der Waals surface area contributed by atoms with Crippen molar-refractivity contribution in [3.8, 4) is 0 Å². The molecule has 0 aliphatic rings. The van der Waals surface area contributed by atoms with E-state index >= 15 is 0 Å². The molecular weight excluding hydrogens is 464 g/mol. The van der Waals surface area contributed by atoms with Gasteiger partial charge in [-0.15, -0.1) is 0 Å². The molecule has 0 aliphatic heterocycles. The van der Waals surface area contributed by atoms with E-state index in [1.54, 1.807) is 0 Å². The monoisotopic (exact) mass is 492 g/mol. The van der Waals surface area contributed by atoms with Crippen LogP contribution in [0.25, 0.3) is 0 Å². The molecule has 0 aromatic rings. The summed E-state index contributed by atoms with van der Waals surface area (Å²) in [7, 11) is 0. The molecule has 16 heteroatoms. The first-order valence-electron chi connectivity index (χ1n) is 9.57. The molecule has 5 amide bonds. The second-order valence-corrected chi connectivity index (χ2v) is 7.28. The van der Waals surface area contributed by atoms with Gasteiger partial charge < -0.3 is 43.4 Å². The summed E-state index contributed by atoms with van der Waals surface area (Å²) in [6.45, 7) is 0. The maximum atomic E-state index is 12.7. The number of primary amides is 2. The number of nitrogens with two attached hydrogens (primary N) is 3. The molecular formula is C17H28N6O9S. The first kappa shape index (κ1) is 29.6. The molecule has 0 aromatic carbocycles. The molecule has 0 saturated heterocycles. The fourth-order valence-corrected chi connectivity index (χ4v) is 2.65. The molecule has 0 radical (unpaired) electrons. The smallest absolute Gasteiger partial charge is 0.327 e. The Morgan fingerprint density at radius 3 is 1.45 bits per heavy atom. The van der Waals surface area contributed by atoms with Crippen LogP contribution in [-0.2, 0) is 33.6 Å². The van der Waals surface area contributed by atoms with Gasteiger partial charge in [0.1, 0.15) is 18.1 Å². The Hall–Kier alpha value is -3.40. The summed E-state index contributed by atoms with van der Waals surface area (Å²) in [6, 6.07) is -5.79. The van der Waals surface area contributed by atoms with Crippen LogP contribution in [0.15, 0.2) is 0 Å². The molecule has 33 heavy (non-hydrogen) atoms. The Kier molecular flexibility index (Phi) is 13.1. The first-order valence-corrected chi connectivity index (χ1v) is 10.2. The summed E-state index contributed by atoms with van der Waals surface area (Å²) >= 11 is 3.81. The average molecular weight is 493 g/mol. The third-order valence-electron chi connectivity index (χ3n) is 4.15. The molecule has 11 N–H and O–H groups in total. The zero-order valence-corrected chi connectivity index (χ0v) is 18.4. The van der Waals surface area contributed by atoms with Crippen molar-refractivity contribution in [2.75, 3.05) is 5.75 Å². The van der Waals surface area contributed by atoms with Crippen molar-refractivity contribution < 1.29 is 43.8 Å². The summed E-state index contributed by atoms with van der Waals surface area (Å²) in [5.41, 5.74) is 15.6. The van der Waals surface area contributed by atoms with Crippen molar-refractivity contribution in [3.05, 3.63) is 0 Å². The maximum absolute atomic E-state index is 12.7. The molecule has 0 aliphatic carbocycles. The van der Waals surface area contributed by atoms with Crippen molar-refractivity contribution >= 4 is 54.1 Å². The standard InChI is InChI=1S/C17H28N6O9S/c18-7(5-13(26)27)14(28)21-8(1-3-11(19)24)15(29)22-9(2-4-12(20)25)16(30)23-10(6-33)17(31)32/h7-10,33H,1-6,18H2,(H2,19,24)(H2,20,25)(H,21,28)(H,22,29)(H,23,30)(H,26,27)(H,31,32). The van der Waals surface area contributed by atoms with Gasteiger partial charge in [0.05, 0.1) is 12.5 Å². The SMILES string of the molecule is NC(=O)CCC(NC(=O)C(N)CC(=O)O)C(=O)NC(CCC(N)=O)C(=O)NC(CS)C(=O)O. The highest BCUT2D eigenvalue weighted by Crippen LogP contribution is 2.04. The number of nitrogens with one attached hydrogen (secondary N) is 3. The summed E-state index contributed by atoms with van der Waals surface area (Å²) in [5, 5.41) is 24.4. The molecule has 0 rings (SSSR count). The minimum atomic E-state index is -1.51. The molecule has 0 aromatic heterocycles. The molecule has 15 nitrogen and oxygen atoms in total. The lowest BCUT2D eigenvalue weighted by Gasteiger charge is -2.24. The van der Waals surface area contributed by atoms with E-state index < -0.39 is 72.1 Å². The molecule has 4 unspecified atom stereocenters. The van der Waals surface area contributed by atoms with E-state index in [2.05, 4.69) is 28.6 Å². The summed E-state index contributed by atoms with van der Waals surface area (Å²) < 4.78 is 0. The van der Waals surface area contributed by atoms with Gasteiger partial charge in [-0.3, -0.25) is 28.8 Å². The van der Waals surface area contributed by atoms with Crippen LogP contribution >= 0.6 is 12.6 Å². The van der Waals surface area contributed by atoms with E-state index in [0.29, 0.717) is 0 Å². The van der Waals surface area contributed by atoms with Gasteiger partial charge in [-0.05, 0) is 12.8 Å². The van der Waals surface area contributed by atoms with Crippen molar-refractivity contribution in [1.29, 1.82) is 0 Å². The van der Waals surface area contributed by atoms with Gasteiger partial charge in [-0.2, -0.15) is 12.6 Å². The Labute approximate surface area is 193 Å². The Bertz CT molecular complexity index is 778. The number of amides is 5. The summed E-state index contributed by atoms with van der Waals surface area (Å²) in [4.78, 5) is 81.4. The molecule has 0 heterocycles. The normalized spacial score (nSPS) is 14.1. The largest absolute Gasteiger partial charge is 0.481 e. The lowest BCUT2D eigenvalue weighted by molar-refractivity contribution is -0.141. The lowest BCUT2D eigenvalue weighted by atomic mass is 10.1. The van der Waals surface area contributed by atoms with Crippen LogP contribution in [0.5, 0.6) is 0 Å². The van der Waals surface area contributed by atoms with Crippen LogP contribution < -0.4 is 33.2 Å². The highest BCUT2D eigenvalue weighted by molar-refractivity contribution is 7.80. The zero-order valence-electron chi connectivity index (χ0n) is 17.5. The van der Waals surface area contributed by atoms with Gasteiger partial charge in [-0.25, -0.2) is 4.79 Å². The number of hydrogen-bond acceptors (Lipinski definition) is 9. The second kappa shape index (κ2) is 14.6. The highest BCUT2D eigenvalue weighted by atomic mass is 32.1. The topological polar surface area (TPSA) is 274 Å². The highest BCUT2D eigenvalue weighted by Gasteiger charge is 2.30. The number of rotatable bonds is 16. The van der Waals surface area contributed by atoms with Crippen molar-refractivity contribution in [1.82, 2.24) is 16.0 Å². The quantitative estimate of drug-likeness (QED) is 0.0936. The van der Waals surface area contributed by atoms with E-state index in [1.807, 2.05) is 0 Å². The van der Waals surface area contributed by atoms with Crippen LogP contribution in [0.4, 0.5) is 0 Å². The molecule has 0 saturated carbocycles. The fraction of sp³-hybridized carbons (Fsp3) is 0.588. The predicted molar refractivity (Wildman–Crippen MR) is 114 cm³/mol. The molecule has 0 bridgehead atoms. The lowest BCUT2D eigenvalue weighted by Crippen LogP contribution is -2.57. The summed E-state index contributed by atoms with van der Waals surface area (Å²) in [5.74, 6) is -7.60. The minimum Gasteiger partial charge on any atom is -0.481 e. The van der Waals surface area contributed by atoms with Gasteiger partial charge in [0, 0.05) is 18.6 Å². The molecule has 0 spiro atoms. The third-order valence-corrected chi connectivity index (χ3v) is 4.52. The van der Waals surface area contributed by atoms with Crippen LogP contribution in [0.3, 0.4) is 0 Å². The van der Waals surface area contributed by atoms with E-state index in [0.717, 1.165) is 0 Å². The van der Waals surface area contributed by atoms with Crippen LogP contribution in [0.2, 0.25) is 0 Å². The number of carbonyl (C=O) groups excluding carboxylic acids is 5. The van der Waals surface area contributed by atoms with E-state index in [4.69, 9.17) is 27.4 Å². The number of aliphatic carboxylic acids is 2. The number of hydrogen-bond donors (Lipinski definition) is 9. The molecule has 4 atom stereocenters. The van der Waals surface area contributed by atoms with Gasteiger partial charge in [0.25, 0.3) is 0 Å². The van der Waals surface area contributed by atoms with E-state index in [-0.39, 0.29) is 31.4 Å². The molecule has 0 fully saturated rings. The average Bonchev–Trinajstić information content (AvgIpc) is 2.70. The summed E-state index contributed by atoms with van der Waals surface area (Å²) in [6.07, 6.45) is -2.06. The van der Waals surface area contributed by atoms with E-state index in [1.165, 1.54) is 0 Å². The van der Waals surface area contributed by atoms with Gasteiger partial charge in [-0.1, -0.05) is 0 Å². The number of carbonyl (C=O) groups is 7. The van der Waals surface area contributed by atoms with Gasteiger partial charge in [0.2, 0.25) is 29.5 Å². The third kappa shape index (κ3) is 12.3. The first-order chi connectivity index (χ1) is 15.3. The predicted octanol–water partition coefficient (Wildman–Crippen LogP) is -4.21. The van der Waals surface area contributed by atoms with E-state index in [9.17, 15) is 33.6 Å².